The van der Waals surface area contributed by atoms with Crippen molar-refractivity contribution in [3.05, 3.63) is 88.2 Å². The molecule has 170 valence electrons. The molecule has 2 amide bonds. The Kier molecular flexibility index (Phi) is 7.47. The Balaban J connectivity index is 1.43. The molecule has 1 heterocycles. The van der Waals surface area contributed by atoms with E-state index in [0.717, 1.165) is 24.1 Å². The molecule has 2 aromatic carbocycles. The number of rotatable bonds is 9. The third-order valence-corrected chi connectivity index (χ3v) is 5.94. The normalized spacial score (nSPS) is 12.8. The topological polar surface area (TPSA) is 71.5 Å². The highest BCUT2D eigenvalue weighted by atomic mass is 35.5. The maximum absolute atomic E-state index is 13.1. The van der Waals surface area contributed by atoms with Crippen LogP contribution in [0.1, 0.15) is 24.1 Å². The number of nitrogens with one attached hydrogen (secondary N) is 1. The van der Waals surface area contributed by atoms with Gasteiger partial charge >= 0.3 is 0 Å². The molecule has 6 nitrogen and oxygen atoms in total. The van der Waals surface area contributed by atoms with Gasteiger partial charge in [-0.3, -0.25) is 14.6 Å². The minimum absolute atomic E-state index is 0.0198. The zero-order valence-electron chi connectivity index (χ0n) is 17.8. The van der Waals surface area contributed by atoms with Gasteiger partial charge in [0, 0.05) is 30.4 Å². The number of anilines is 1. The molecule has 0 radical (unpaired) electrons. The van der Waals surface area contributed by atoms with Crippen LogP contribution in [0.15, 0.2) is 66.9 Å². The molecular formula is C25H23Cl2N3O3. The molecule has 1 aliphatic carbocycles. The largest absolute Gasteiger partial charge is 0.484 e. The highest BCUT2D eigenvalue weighted by Crippen LogP contribution is 2.30. The second-order valence-electron chi connectivity index (χ2n) is 7.90. The van der Waals surface area contributed by atoms with Crippen molar-refractivity contribution in [3.8, 4) is 5.75 Å². The zero-order valence-corrected chi connectivity index (χ0v) is 19.4. The Morgan fingerprint density at radius 2 is 1.85 bits per heavy atom. The van der Waals surface area contributed by atoms with Gasteiger partial charge in [-0.15, -0.1) is 0 Å². The molecule has 33 heavy (non-hydrogen) atoms. The first-order valence-corrected chi connectivity index (χ1v) is 11.4. The number of nitrogens with zero attached hydrogens (tertiary/aromatic N) is 2. The summed E-state index contributed by atoms with van der Waals surface area (Å²) in [5.41, 5.74) is 2.26. The number of amides is 2. The van der Waals surface area contributed by atoms with E-state index in [1.165, 1.54) is 0 Å². The summed E-state index contributed by atoms with van der Waals surface area (Å²) in [5.74, 6) is 0.424. The number of pyridine rings is 1. The maximum atomic E-state index is 13.1. The summed E-state index contributed by atoms with van der Waals surface area (Å²) in [6.45, 7) is 0.488. The Labute approximate surface area is 202 Å². The summed E-state index contributed by atoms with van der Waals surface area (Å²) >= 11 is 12.2. The van der Waals surface area contributed by atoms with E-state index < -0.39 is 0 Å². The summed E-state index contributed by atoms with van der Waals surface area (Å²) in [4.78, 5) is 31.1. The van der Waals surface area contributed by atoms with E-state index in [4.69, 9.17) is 27.9 Å². The van der Waals surface area contributed by atoms with Crippen LogP contribution >= 0.6 is 23.2 Å². The fourth-order valence-electron chi connectivity index (χ4n) is 3.27. The first-order chi connectivity index (χ1) is 16.0. The summed E-state index contributed by atoms with van der Waals surface area (Å²) in [7, 11) is 0. The van der Waals surface area contributed by atoms with E-state index >= 15 is 0 Å². The second kappa shape index (κ2) is 10.7. The van der Waals surface area contributed by atoms with E-state index in [0.29, 0.717) is 34.6 Å². The highest BCUT2D eigenvalue weighted by molar-refractivity contribution is 6.42. The van der Waals surface area contributed by atoms with Crippen molar-refractivity contribution in [2.45, 2.75) is 25.9 Å². The Morgan fingerprint density at radius 3 is 2.58 bits per heavy atom. The van der Waals surface area contributed by atoms with E-state index in [9.17, 15) is 9.59 Å². The van der Waals surface area contributed by atoms with Crippen LogP contribution in [0.2, 0.25) is 10.0 Å². The lowest BCUT2D eigenvalue weighted by atomic mass is 10.2. The van der Waals surface area contributed by atoms with E-state index in [2.05, 4.69) is 10.3 Å². The molecule has 1 saturated carbocycles. The van der Waals surface area contributed by atoms with Gasteiger partial charge in [0.25, 0.3) is 5.91 Å². The van der Waals surface area contributed by atoms with Crippen LogP contribution in [0.4, 0.5) is 5.69 Å². The average Bonchev–Trinajstić information content (AvgIpc) is 3.66. The lowest BCUT2D eigenvalue weighted by Gasteiger charge is -2.23. The standard InChI is InChI=1S/C25H23Cl2N3O3/c26-22-10-7-17(12-23(22)27)14-30(15-20-4-1-2-11-28-20)24(31)16-33-21-6-3-5-19(13-21)29-25(32)18-8-9-18/h1-7,10-13,18H,8-9,14-16H2,(H,29,32). The number of ether oxygens (including phenoxy) is 1. The molecule has 0 atom stereocenters. The lowest BCUT2D eigenvalue weighted by Crippen LogP contribution is -2.34. The Morgan fingerprint density at radius 1 is 1.00 bits per heavy atom. The molecule has 3 aromatic rings. The van der Waals surface area contributed by atoms with Crippen molar-refractivity contribution < 1.29 is 14.3 Å². The van der Waals surface area contributed by atoms with Crippen LogP contribution < -0.4 is 10.1 Å². The van der Waals surface area contributed by atoms with E-state index in [-0.39, 0.29) is 24.3 Å². The zero-order chi connectivity index (χ0) is 23.2. The molecule has 4 rings (SSSR count). The van der Waals surface area contributed by atoms with Crippen LogP contribution in [-0.2, 0) is 22.7 Å². The molecule has 0 unspecified atom stereocenters. The number of carbonyl (C=O) groups is 2. The van der Waals surface area contributed by atoms with E-state index in [1.807, 2.05) is 24.3 Å². The van der Waals surface area contributed by atoms with Gasteiger partial charge in [-0.25, -0.2) is 0 Å². The molecule has 8 heteroatoms. The van der Waals surface area contributed by atoms with Crippen LogP contribution in [0.25, 0.3) is 0 Å². The fraction of sp³-hybridized carbons (Fsp3) is 0.240. The average molecular weight is 484 g/mol. The van der Waals surface area contributed by atoms with Crippen molar-refractivity contribution in [2.75, 3.05) is 11.9 Å². The van der Waals surface area contributed by atoms with Crippen molar-refractivity contribution in [3.63, 3.8) is 0 Å². The quantitative estimate of drug-likeness (QED) is 0.445. The van der Waals surface area contributed by atoms with Gasteiger partial charge in [0.05, 0.1) is 22.3 Å². The van der Waals surface area contributed by atoms with Gasteiger partial charge in [0.15, 0.2) is 6.61 Å². The predicted octanol–water partition coefficient (Wildman–Crippen LogP) is 5.34. The third kappa shape index (κ3) is 6.70. The minimum atomic E-state index is -0.209. The summed E-state index contributed by atoms with van der Waals surface area (Å²) < 4.78 is 5.76. The van der Waals surface area contributed by atoms with Gasteiger partial charge < -0.3 is 15.0 Å². The maximum Gasteiger partial charge on any atom is 0.261 e. The molecule has 0 bridgehead atoms. The van der Waals surface area contributed by atoms with Crippen LogP contribution in [-0.4, -0.2) is 28.3 Å². The minimum Gasteiger partial charge on any atom is -0.484 e. The van der Waals surface area contributed by atoms with Crippen molar-refractivity contribution in [2.24, 2.45) is 5.92 Å². The predicted molar refractivity (Wildman–Crippen MR) is 128 cm³/mol. The van der Waals surface area contributed by atoms with Crippen LogP contribution in [0.5, 0.6) is 5.75 Å². The van der Waals surface area contributed by atoms with Gasteiger partial charge in [-0.1, -0.05) is 41.4 Å². The molecule has 0 spiro atoms. The molecular weight excluding hydrogens is 461 g/mol. The first-order valence-electron chi connectivity index (χ1n) is 10.6. The van der Waals surface area contributed by atoms with Gasteiger partial charge in [-0.05, 0) is 54.8 Å². The molecule has 0 aliphatic heterocycles. The number of benzene rings is 2. The fourth-order valence-corrected chi connectivity index (χ4v) is 3.59. The smallest absolute Gasteiger partial charge is 0.261 e. The second-order valence-corrected chi connectivity index (χ2v) is 8.71. The monoisotopic (exact) mass is 483 g/mol. The van der Waals surface area contributed by atoms with Gasteiger partial charge in [0.1, 0.15) is 5.75 Å². The molecule has 0 saturated heterocycles. The van der Waals surface area contributed by atoms with Gasteiger partial charge in [-0.2, -0.15) is 0 Å². The van der Waals surface area contributed by atoms with E-state index in [1.54, 1.807) is 47.5 Å². The van der Waals surface area contributed by atoms with Gasteiger partial charge in [0.2, 0.25) is 5.91 Å². The van der Waals surface area contributed by atoms with Crippen LogP contribution in [0.3, 0.4) is 0 Å². The number of halogens is 2. The Hall–Kier alpha value is -3.09. The SMILES string of the molecule is O=C(Nc1cccc(OCC(=O)N(Cc2ccc(Cl)c(Cl)c2)Cc2ccccn2)c1)C1CC1. The third-order valence-electron chi connectivity index (χ3n) is 5.20. The molecule has 1 N–H and O–H groups in total. The first kappa shape index (κ1) is 23.1. The molecule has 1 fully saturated rings. The summed E-state index contributed by atoms with van der Waals surface area (Å²) in [6, 6.07) is 17.9. The van der Waals surface area contributed by atoms with Crippen molar-refractivity contribution in [1.29, 1.82) is 0 Å². The Bertz CT molecular complexity index is 1140. The number of hydrogen-bond donors (Lipinski definition) is 1. The highest BCUT2D eigenvalue weighted by Gasteiger charge is 2.29. The summed E-state index contributed by atoms with van der Waals surface area (Å²) in [6.07, 6.45) is 3.55. The molecule has 1 aromatic heterocycles. The lowest BCUT2D eigenvalue weighted by molar-refractivity contribution is -0.134. The molecule has 1 aliphatic rings. The van der Waals surface area contributed by atoms with Crippen molar-refractivity contribution >= 4 is 40.7 Å². The van der Waals surface area contributed by atoms with Crippen LogP contribution in [0, 0.1) is 5.92 Å². The number of carbonyl (C=O) groups excluding carboxylic acids is 2. The number of hydrogen-bond acceptors (Lipinski definition) is 4. The van der Waals surface area contributed by atoms with Crippen molar-refractivity contribution in [1.82, 2.24) is 9.88 Å². The summed E-state index contributed by atoms with van der Waals surface area (Å²) in [5, 5.41) is 3.77. The number of aromatic nitrogens is 1.